The van der Waals surface area contributed by atoms with E-state index in [1.165, 1.54) is 10.5 Å². The topological polar surface area (TPSA) is 87.5 Å². The fourth-order valence-electron chi connectivity index (χ4n) is 3.27. The molecule has 0 radical (unpaired) electrons. The summed E-state index contributed by atoms with van der Waals surface area (Å²) in [4.78, 5) is 14.9. The van der Waals surface area contributed by atoms with E-state index in [4.69, 9.17) is 0 Å². The zero-order valence-corrected chi connectivity index (χ0v) is 17.0. The molecule has 26 heavy (non-hydrogen) atoms. The summed E-state index contributed by atoms with van der Waals surface area (Å²) in [6.07, 6.45) is 2.79. The lowest BCUT2D eigenvalue weighted by Gasteiger charge is -2.31. The maximum Gasteiger partial charge on any atom is 0.246 e. The summed E-state index contributed by atoms with van der Waals surface area (Å²) in [6, 6.07) is 0. The van der Waals surface area contributed by atoms with Crippen LogP contribution < -0.4 is 5.32 Å². The van der Waals surface area contributed by atoms with Crippen molar-refractivity contribution in [3.8, 4) is 0 Å². The Bertz CT molecular complexity index is 712. The van der Waals surface area contributed by atoms with E-state index in [2.05, 4.69) is 29.2 Å². The number of likely N-dealkylation sites (N-methyl/N-ethyl adjacent to an activating group) is 1. The highest BCUT2D eigenvalue weighted by molar-refractivity contribution is 7.89. The van der Waals surface area contributed by atoms with Gasteiger partial charge in [-0.15, -0.1) is 0 Å². The maximum atomic E-state index is 12.9. The third-order valence-electron chi connectivity index (χ3n) is 5.18. The van der Waals surface area contributed by atoms with Gasteiger partial charge in [-0.25, -0.2) is 8.42 Å². The average Bonchev–Trinajstić information content (AvgIpc) is 2.98. The van der Waals surface area contributed by atoms with E-state index in [1.54, 1.807) is 18.7 Å². The van der Waals surface area contributed by atoms with Gasteiger partial charge in [0, 0.05) is 33.2 Å². The molecule has 1 aliphatic rings. The largest absolute Gasteiger partial charge is 0.355 e. The van der Waals surface area contributed by atoms with E-state index in [1.807, 2.05) is 0 Å². The lowest BCUT2D eigenvalue weighted by atomic mass is 9.99. The van der Waals surface area contributed by atoms with Crippen LogP contribution in [0.2, 0.25) is 0 Å². The number of hydrogen-bond acceptors (Lipinski definition) is 5. The molecule has 9 heteroatoms. The molecule has 2 heterocycles. The fraction of sp³-hybridized carbons (Fsp3) is 0.765. The van der Waals surface area contributed by atoms with E-state index in [0.29, 0.717) is 25.2 Å². The van der Waals surface area contributed by atoms with Crippen molar-refractivity contribution >= 4 is 15.9 Å². The van der Waals surface area contributed by atoms with Crippen molar-refractivity contribution < 1.29 is 13.2 Å². The molecule has 1 fully saturated rings. The van der Waals surface area contributed by atoms with E-state index < -0.39 is 10.0 Å². The Hall–Kier alpha value is -1.45. The number of carbonyl (C=O) groups is 1. The molecule has 148 valence electrons. The summed E-state index contributed by atoms with van der Waals surface area (Å²) in [5, 5.41) is 6.99. The van der Waals surface area contributed by atoms with Gasteiger partial charge in [0.15, 0.2) is 0 Å². The van der Waals surface area contributed by atoms with Gasteiger partial charge in [0.2, 0.25) is 15.9 Å². The number of nitrogens with zero attached hydrogens (tertiary/aromatic N) is 4. The molecule has 2 rings (SSSR count). The lowest BCUT2D eigenvalue weighted by molar-refractivity contribution is -0.126. The standard InChI is InChI=1S/C17H31N5O3S/c1-5-21(6-2)11-9-18-17(23)15-8-7-10-22(13-15)26(24,25)16-12-19-20(4)14(16)3/h12,15H,5-11,13H2,1-4H3,(H,18,23)/t15-/m1/s1. The summed E-state index contributed by atoms with van der Waals surface area (Å²) < 4.78 is 28.8. The Balaban J connectivity index is 1.98. The molecule has 0 spiro atoms. The highest BCUT2D eigenvalue weighted by Gasteiger charge is 2.34. The zero-order chi connectivity index (χ0) is 19.3. The molecule has 0 bridgehead atoms. The SMILES string of the molecule is CCN(CC)CCNC(=O)[C@@H]1CCCN(S(=O)(=O)c2cnn(C)c2C)C1. The third kappa shape index (κ3) is 4.63. The van der Waals surface area contributed by atoms with E-state index in [-0.39, 0.29) is 23.3 Å². The molecule has 0 aromatic carbocycles. The first-order valence-electron chi connectivity index (χ1n) is 9.30. The van der Waals surface area contributed by atoms with Crippen LogP contribution in [0, 0.1) is 12.8 Å². The summed E-state index contributed by atoms with van der Waals surface area (Å²) >= 11 is 0. The van der Waals surface area contributed by atoms with Crippen LogP contribution in [0.15, 0.2) is 11.1 Å². The minimum Gasteiger partial charge on any atom is -0.355 e. The van der Waals surface area contributed by atoms with Gasteiger partial charge in [0.1, 0.15) is 4.90 Å². The molecule has 0 saturated carbocycles. The predicted octanol–water partition coefficient (Wildman–Crippen LogP) is 0.587. The first-order chi connectivity index (χ1) is 12.3. The van der Waals surface area contributed by atoms with Crippen LogP contribution in [-0.2, 0) is 21.9 Å². The Morgan fingerprint density at radius 2 is 2.08 bits per heavy atom. The van der Waals surface area contributed by atoms with Crippen molar-refractivity contribution in [3.05, 3.63) is 11.9 Å². The third-order valence-corrected chi connectivity index (χ3v) is 7.15. The van der Waals surface area contributed by atoms with Crippen LogP contribution in [0.25, 0.3) is 0 Å². The van der Waals surface area contributed by atoms with E-state index in [9.17, 15) is 13.2 Å². The smallest absolute Gasteiger partial charge is 0.246 e. The first-order valence-corrected chi connectivity index (χ1v) is 10.7. The van der Waals surface area contributed by atoms with Crippen molar-refractivity contribution in [1.29, 1.82) is 0 Å². The van der Waals surface area contributed by atoms with Crippen LogP contribution >= 0.6 is 0 Å². The van der Waals surface area contributed by atoms with Crippen LogP contribution in [-0.4, -0.2) is 72.6 Å². The number of piperidine rings is 1. The predicted molar refractivity (Wildman–Crippen MR) is 100 cm³/mol. The van der Waals surface area contributed by atoms with Gasteiger partial charge in [-0.2, -0.15) is 9.40 Å². The number of hydrogen-bond donors (Lipinski definition) is 1. The van der Waals surface area contributed by atoms with Crippen molar-refractivity contribution in [3.63, 3.8) is 0 Å². The van der Waals surface area contributed by atoms with Crippen molar-refractivity contribution in [2.24, 2.45) is 13.0 Å². The molecule has 1 amide bonds. The average molecular weight is 386 g/mol. The molecule has 0 aliphatic carbocycles. The number of amides is 1. The van der Waals surface area contributed by atoms with Gasteiger partial charge in [-0.05, 0) is 32.9 Å². The number of sulfonamides is 1. The van der Waals surface area contributed by atoms with Crippen LogP contribution in [0.3, 0.4) is 0 Å². The number of aryl methyl sites for hydroxylation is 1. The summed E-state index contributed by atoms with van der Waals surface area (Å²) in [7, 11) is -1.90. The minimum absolute atomic E-state index is 0.0556. The van der Waals surface area contributed by atoms with Crippen molar-refractivity contribution in [2.75, 3.05) is 39.3 Å². The highest BCUT2D eigenvalue weighted by Crippen LogP contribution is 2.25. The van der Waals surface area contributed by atoms with Crippen LogP contribution in [0.5, 0.6) is 0 Å². The van der Waals surface area contributed by atoms with Crippen molar-refractivity contribution in [2.45, 2.75) is 38.5 Å². The molecule has 1 aromatic heterocycles. The second kappa shape index (κ2) is 8.96. The highest BCUT2D eigenvalue weighted by atomic mass is 32.2. The molecule has 1 aromatic rings. The monoisotopic (exact) mass is 385 g/mol. The van der Waals surface area contributed by atoms with Gasteiger partial charge in [-0.3, -0.25) is 9.48 Å². The molecule has 0 unspecified atom stereocenters. The fourth-order valence-corrected chi connectivity index (χ4v) is 4.98. The quantitative estimate of drug-likeness (QED) is 0.708. The zero-order valence-electron chi connectivity index (χ0n) is 16.2. The molecule has 1 aliphatic heterocycles. The van der Waals surface area contributed by atoms with Gasteiger partial charge in [0.25, 0.3) is 0 Å². The second-order valence-corrected chi connectivity index (χ2v) is 8.64. The summed E-state index contributed by atoms with van der Waals surface area (Å²) in [5.41, 5.74) is 0.607. The Morgan fingerprint density at radius 3 is 2.65 bits per heavy atom. The van der Waals surface area contributed by atoms with Gasteiger partial charge in [-0.1, -0.05) is 13.8 Å². The Morgan fingerprint density at radius 1 is 1.38 bits per heavy atom. The number of nitrogens with one attached hydrogen (secondary N) is 1. The first kappa shape index (κ1) is 20.9. The molecular formula is C17H31N5O3S. The molecular weight excluding hydrogens is 354 g/mol. The maximum absolute atomic E-state index is 12.9. The molecule has 8 nitrogen and oxygen atoms in total. The molecule has 1 atom stereocenters. The lowest BCUT2D eigenvalue weighted by Crippen LogP contribution is -2.46. The minimum atomic E-state index is -3.62. The molecule has 1 saturated heterocycles. The van der Waals surface area contributed by atoms with Gasteiger partial charge in [0.05, 0.1) is 17.8 Å². The van der Waals surface area contributed by atoms with Crippen molar-refractivity contribution in [1.82, 2.24) is 24.3 Å². The van der Waals surface area contributed by atoms with Gasteiger partial charge < -0.3 is 10.2 Å². The van der Waals surface area contributed by atoms with E-state index >= 15 is 0 Å². The summed E-state index contributed by atoms with van der Waals surface area (Å²) in [5.74, 6) is -0.354. The van der Waals surface area contributed by atoms with Crippen LogP contribution in [0.1, 0.15) is 32.4 Å². The summed E-state index contributed by atoms with van der Waals surface area (Å²) in [6.45, 7) is 9.90. The number of aromatic nitrogens is 2. The second-order valence-electron chi connectivity index (χ2n) is 6.74. The Labute approximate surface area is 156 Å². The normalized spacial score (nSPS) is 19.0. The molecule has 1 N–H and O–H groups in total. The van der Waals surface area contributed by atoms with Gasteiger partial charge >= 0.3 is 0 Å². The number of rotatable bonds is 8. The Kier molecular flexibility index (Phi) is 7.19. The number of carbonyl (C=O) groups excluding carboxylic acids is 1. The van der Waals surface area contributed by atoms with E-state index in [0.717, 1.165) is 26.1 Å². The van der Waals surface area contributed by atoms with Crippen LogP contribution in [0.4, 0.5) is 0 Å².